The van der Waals surface area contributed by atoms with Crippen molar-refractivity contribution in [3.05, 3.63) is 0 Å². The lowest BCUT2D eigenvalue weighted by Gasteiger charge is -2.31. The SMILES string of the molecule is CCCCN1N=CN(CC)C1C(F)(F)F. The monoisotopic (exact) mass is 223 g/mol. The number of hydrogen-bond donors (Lipinski definition) is 0. The standard InChI is InChI=1S/C9H16F3N3/c1-3-5-6-15-8(9(10,11)12)14(4-2)7-13-15/h7-8H,3-6H2,1-2H3. The van der Waals surface area contributed by atoms with Gasteiger partial charge in [-0.3, -0.25) is 5.01 Å². The lowest BCUT2D eigenvalue weighted by molar-refractivity contribution is -0.206. The third-order valence-corrected chi connectivity index (χ3v) is 2.34. The van der Waals surface area contributed by atoms with Crippen molar-refractivity contribution in [1.29, 1.82) is 0 Å². The van der Waals surface area contributed by atoms with E-state index in [1.54, 1.807) is 6.92 Å². The van der Waals surface area contributed by atoms with Crippen LogP contribution in [0.2, 0.25) is 0 Å². The van der Waals surface area contributed by atoms with Gasteiger partial charge < -0.3 is 4.90 Å². The first-order valence-electron chi connectivity index (χ1n) is 5.14. The van der Waals surface area contributed by atoms with Crippen LogP contribution in [0, 0.1) is 0 Å². The summed E-state index contributed by atoms with van der Waals surface area (Å²) in [6, 6.07) is 0. The first-order valence-corrected chi connectivity index (χ1v) is 5.14. The molecule has 1 unspecified atom stereocenters. The minimum absolute atomic E-state index is 0.316. The molecule has 6 heteroatoms. The summed E-state index contributed by atoms with van der Waals surface area (Å²) in [5.74, 6) is 0. The zero-order valence-corrected chi connectivity index (χ0v) is 8.96. The van der Waals surface area contributed by atoms with E-state index in [0.29, 0.717) is 13.1 Å². The van der Waals surface area contributed by atoms with Crippen molar-refractivity contribution in [2.24, 2.45) is 5.10 Å². The Kier molecular flexibility index (Phi) is 3.82. The number of nitrogens with zero attached hydrogens (tertiary/aromatic N) is 3. The minimum Gasteiger partial charge on any atom is -0.332 e. The van der Waals surface area contributed by atoms with Crippen molar-refractivity contribution in [3.63, 3.8) is 0 Å². The molecule has 1 rings (SSSR count). The van der Waals surface area contributed by atoms with Gasteiger partial charge in [-0.25, -0.2) is 0 Å². The summed E-state index contributed by atoms with van der Waals surface area (Å²) in [5, 5.41) is 4.91. The summed E-state index contributed by atoms with van der Waals surface area (Å²) in [5.41, 5.74) is 0. The molecular weight excluding hydrogens is 207 g/mol. The van der Waals surface area contributed by atoms with Crippen LogP contribution in [0.3, 0.4) is 0 Å². The largest absolute Gasteiger partial charge is 0.429 e. The molecule has 0 aromatic carbocycles. The van der Waals surface area contributed by atoms with E-state index in [4.69, 9.17) is 0 Å². The Morgan fingerprint density at radius 1 is 1.33 bits per heavy atom. The van der Waals surface area contributed by atoms with Crippen LogP contribution in [0.1, 0.15) is 26.7 Å². The van der Waals surface area contributed by atoms with Crippen LogP contribution in [0.15, 0.2) is 5.10 Å². The van der Waals surface area contributed by atoms with Crippen LogP contribution in [0.25, 0.3) is 0 Å². The summed E-state index contributed by atoms with van der Waals surface area (Å²) in [4.78, 5) is 1.20. The van der Waals surface area contributed by atoms with Gasteiger partial charge in [0, 0.05) is 13.1 Å². The van der Waals surface area contributed by atoms with Crippen LogP contribution in [-0.2, 0) is 0 Å². The molecule has 3 nitrogen and oxygen atoms in total. The van der Waals surface area contributed by atoms with Gasteiger partial charge in [0.1, 0.15) is 6.34 Å². The molecule has 1 aliphatic rings. The highest BCUT2D eigenvalue weighted by Crippen LogP contribution is 2.30. The Bertz CT molecular complexity index is 227. The Hall–Kier alpha value is -0.940. The van der Waals surface area contributed by atoms with Crippen molar-refractivity contribution in [1.82, 2.24) is 9.91 Å². The summed E-state index contributed by atoms with van der Waals surface area (Å²) in [7, 11) is 0. The number of hydrazone groups is 1. The molecule has 0 aromatic heterocycles. The average molecular weight is 223 g/mol. The smallest absolute Gasteiger partial charge is 0.332 e. The van der Waals surface area contributed by atoms with Gasteiger partial charge in [-0.15, -0.1) is 0 Å². The second-order valence-corrected chi connectivity index (χ2v) is 3.49. The van der Waals surface area contributed by atoms with Gasteiger partial charge in [0.25, 0.3) is 0 Å². The predicted octanol–water partition coefficient (Wildman–Crippen LogP) is 2.26. The molecule has 1 atom stereocenters. The molecule has 1 heterocycles. The van der Waals surface area contributed by atoms with Crippen LogP contribution >= 0.6 is 0 Å². The maximum atomic E-state index is 12.7. The van der Waals surface area contributed by atoms with E-state index in [1.807, 2.05) is 6.92 Å². The predicted molar refractivity (Wildman–Crippen MR) is 52.3 cm³/mol. The molecule has 0 aliphatic carbocycles. The Morgan fingerprint density at radius 3 is 2.47 bits per heavy atom. The van der Waals surface area contributed by atoms with Gasteiger partial charge in [0.15, 0.2) is 0 Å². The van der Waals surface area contributed by atoms with E-state index < -0.39 is 12.3 Å². The molecular formula is C9H16F3N3. The Labute approximate surface area is 87.5 Å². The van der Waals surface area contributed by atoms with E-state index in [1.165, 1.54) is 11.2 Å². The fraction of sp³-hybridized carbons (Fsp3) is 0.889. The number of hydrogen-bond acceptors (Lipinski definition) is 3. The van der Waals surface area contributed by atoms with E-state index in [-0.39, 0.29) is 0 Å². The second kappa shape index (κ2) is 4.72. The van der Waals surface area contributed by atoms with Crippen molar-refractivity contribution in [2.75, 3.05) is 13.1 Å². The van der Waals surface area contributed by atoms with Gasteiger partial charge >= 0.3 is 6.18 Å². The topological polar surface area (TPSA) is 18.8 Å². The van der Waals surface area contributed by atoms with Crippen molar-refractivity contribution in [2.45, 2.75) is 39.0 Å². The number of unbranched alkanes of at least 4 members (excludes halogenated alkanes) is 1. The first kappa shape index (κ1) is 12.1. The van der Waals surface area contributed by atoms with E-state index >= 15 is 0 Å². The third-order valence-electron chi connectivity index (χ3n) is 2.34. The summed E-state index contributed by atoms with van der Waals surface area (Å²) >= 11 is 0. The average Bonchev–Trinajstić information content (AvgIpc) is 2.56. The van der Waals surface area contributed by atoms with E-state index in [2.05, 4.69) is 5.10 Å². The fourth-order valence-electron chi connectivity index (χ4n) is 1.54. The maximum Gasteiger partial charge on any atom is 0.429 e. The van der Waals surface area contributed by atoms with Crippen molar-refractivity contribution >= 4 is 6.34 Å². The number of rotatable bonds is 4. The lowest BCUT2D eigenvalue weighted by atomic mass is 10.3. The molecule has 0 saturated carbocycles. The molecule has 0 saturated heterocycles. The van der Waals surface area contributed by atoms with Gasteiger partial charge in [-0.05, 0) is 13.3 Å². The normalized spacial score (nSPS) is 21.5. The molecule has 0 radical (unpaired) electrons. The number of alkyl halides is 3. The van der Waals surface area contributed by atoms with Crippen LogP contribution in [0.4, 0.5) is 13.2 Å². The molecule has 0 amide bonds. The highest BCUT2D eigenvalue weighted by atomic mass is 19.4. The quantitative estimate of drug-likeness (QED) is 0.728. The van der Waals surface area contributed by atoms with Gasteiger partial charge in [0.05, 0.1) is 0 Å². The lowest BCUT2D eigenvalue weighted by Crippen LogP contribution is -2.50. The summed E-state index contributed by atoms with van der Waals surface area (Å²) in [6.45, 7) is 4.30. The van der Waals surface area contributed by atoms with E-state index in [0.717, 1.165) is 17.9 Å². The van der Waals surface area contributed by atoms with Gasteiger partial charge in [0.2, 0.25) is 6.17 Å². The Morgan fingerprint density at radius 2 is 2.00 bits per heavy atom. The van der Waals surface area contributed by atoms with Crippen LogP contribution in [-0.4, -0.2) is 41.7 Å². The van der Waals surface area contributed by atoms with Crippen LogP contribution in [0.5, 0.6) is 0 Å². The van der Waals surface area contributed by atoms with Crippen molar-refractivity contribution in [3.8, 4) is 0 Å². The molecule has 1 aliphatic heterocycles. The summed E-state index contributed by atoms with van der Waals surface area (Å²) in [6.07, 6.45) is -2.97. The third kappa shape index (κ3) is 2.76. The molecule has 0 aromatic rings. The fourth-order valence-corrected chi connectivity index (χ4v) is 1.54. The molecule has 15 heavy (non-hydrogen) atoms. The Balaban J connectivity index is 2.67. The van der Waals surface area contributed by atoms with Crippen molar-refractivity contribution < 1.29 is 13.2 Å². The summed E-state index contributed by atoms with van der Waals surface area (Å²) < 4.78 is 38.1. The highest BCUT2D eigenvalue weighted by Gasteiger charge is 2.48. The van der Waals surface area contributed by atoms with Gasteiger partial charge in [-0.1, -0.05) is 13.3 Å². The maximum absolute atomic E-state index is 12.7. The minimum atomic E-state index is -4.25. The van der Waals surface area contributed by atoms with Crippen LogP contribution < -0.4 is 0 Å². The molecule has 0 spiro atoms. The molecule has 0 fully saturated rings. The van der Waals surface area contributed by atoms with Gasteiger partial charge in [-0.2, -0.15) is 18.3 Å². The highest BCUT2D eigenvalue weighted by molar-refractivity contribution is 5.57. The van der Waals surface area contributed by atoms with E-state index in [9.17, 15) is 13.2 Å². The second-order valence-electron chi connectivity index (χ2n) is 3.49. The zero-order valence-electron chi connectivity index (χ0n) is 8.96. The molecule has 0 bridgehead atoms. The molecule has 88 valence electrons. The first-order chi connectivity index (χ1) is 7.00. The number of halogens is 3. The zero-order chi connectivity index (χ0) is 11.5. The molecule has 0 N–H and O–H groups in total.